The lowest BCUT2D eigenvalue weighted by atomic mass is 9.95. The van der Waals surface area contributed by atoms with Gasteiger partial charge in [0.15, 0.2) is 0 Å². The minimum absolute atomic E-state index is 0.0398. The van der Waals surface area contributed by atoms with E-state index in [1.807, 2.05) is 48.5 Å². The molecule has 1 fully saturated rings. The molecule has 0 unspecified atom stereocenters. The van der Waals surface area contributed by atoms with Gasteiger partial charge in [-0.15, -0.1) is 0 Å². The van der Waals surface area contributed by atoms with E-state index in [0.29, 0.717) is 12.0 Å². The van der Waals surface area contributed by atoms with Gasteiger partial charge in [-0.1, -0.05) is 35.9 Å². The van der Waals surface area contributed by atoms with Crippen LogP contribution in [0.15, 0.2) is 55.0 Å². The van der Waals surface area contributed by atoms with Crippen LogP contribution in [-0.2, 0) is 13.5 Å². The van der Waals surface area contributed by atoms with Gasteiger partial charge in [-0.2, -0.15) is 5.10 Å². The molecule has 1 aromatic carbocycles. The molecule has 0 spiro atoms. The quantitative estimate of drug-likeness (QED) is 0.657. The fourth-order valence-corrected chi connectivity index (χ4v) is 4.00. The van der Waals surface area contributed by atoms with Crippen molar-refractivity contribution in [1.82, 2.24) is 19.7 Å². The summed E-state index contributed by atoms with van der Waals surface area (Å²) in [6.07, 6.45) is 9.12. The van der Waals surface area contributed by atoms with E-state index in [9.17, 15) is 4.79 Å². The fourth-order valence-electron chi connectivity index (χ4n) is 3.79. The number of benzene rings is 1. The van der Waals surface area contributed by atoms with Crippen LogP contribution in [0.1, 0.15) is 52.5 Å². The summed E-state index contributed by atoms with van der Waals surface area (Å²) in [5.41, 5.74) is 3.76. The van der Waals surface area contributed by atoms with E-state index in [-0.39, 0.29) is 11.9 Å². The smallest absolute Gasteiger partial charge is 0.257 e. The van der Waals surface area contributed by atoms with Crippen LogP contribution in [-0.4, -0.2) is 32.1 Å². The molecule has 1 aliphatic heterocycles. The Hall–Kier alpha value is -2.66. The number of aromatic nitrogens is 3. The van der Waals surface area contributed by atoms with E-state index in [1.165, 1.54) is 0 Å². The maximum Gasteiger partial charge on any atom is 0.257 e. The van der Waals surface area contributed by atoms with Crippen LogP contribution in [0, 0.1) is 0 Å². The van der Waals surface area contributed by atoms with Crippen molar-refractivity contribution in [1.29, 1.82) is 0 Å². The van der Waals surface area contributed by atoms with Crippen molar-refractivity contribution in [3.63, 3.8) is 0 Å². The molecule has 144 valence electrons. The van der Waals surface area contributed by atoms with Crippen molar-refractivity contribution in [3.05, 3.63) is 82.4 Å². The first-order chi connectivity index (χ1) is 13.6. The predicted molar refractivity (Wildman–Crippen MR) is 109 cm³/mol. The van der Waals surface area contributed by atoms with Crippen molar-refractivity contribution in [2.75, 3.05) is 6.54 Å². The topological polar surface area (TPSA) is 51.0 Å². The Labute approximate surface area is 170 Å². The first-order valence-electron chi connectivity index (χ1n) is 9.59. The minimum atomic E-state index is 0.0398. The Morgan fingerprint density at radius 1 is 1.18 bits per heavy atom. The molecular formula is C22H23ClN4O. The number of carbonyl (C=O) groups is 1. The zero-order valence-corrected chi connectivity index (χ0v) is 16.6. The molecule has 0 N–H and O–H groups in total. The minimum Gasteiger partial charge on any atom is -0.331 e. The molecule has 1 atom stereocenters. The van der Waals surface area contributed by atoms with Crippen LogP contribution < -0.4 is 0 Å². The maximum atomic E-state index is 13.0. The first-order valence-corrected chi connectivity index (χ1v) is 9.97. The number of likely N-dealkylation sites (tertiary alicyclic amines) is 1. The average molecular weight is 395 g/mol. The van der Waals surface area contributed by atoms with Crippen molar-refractivity contribution < 1.29 is 4.79 Å². The second kappa shape index (κ2) is 8.15. The van der Waals surface area contributed by atoms with E-state index in [0.717, 1.165) is 47.7 Å². The number of pyridine rings is 1. The summed E-state index contributed by atoms with van der Waals surface area (Å²) in [6.45, 7) is 0.764. The zero-order valence-electron chi connectivity index (χ0n) is 15.9. The molecule has 2 aromatic heterocycles. The van der Waals surface area contributed by atoms with Crippen LogP contribution in [0.3, 0.4) is 0 Å². The van der Waals surface area contributed by atoms with Crippen LogP contribution in [0.5, 0.6) is 0 Å². The van der Waals surface area contributed by atoms with Crippen molar-refractivity contribution in [3.8, 4) is 0 Å². The molecule has 0 aliphatic carbocycles. The van der Waals surface area contributed by atoms with Gasteiger partial charge in [0.1, 0.15) is 0 Å². The Balaban J connectivity index is 1.53. The Bertz CT molecular complexity index is 967. The maximum absolute atomic E-state index is 13.0. The third-order valence-electron chi connectivity index (χ3n) is 5.28. The summed E-state index contributed by atoms with van der Waals surface area (Å²) in [4.78, 5) is 19.6. The number of carbonyl (C=O) groups excluding carboxylic acids is 1. The van der Waals surface area contributed by atoms with Crippen LogP contribution >= 0.6 is 11.6 Å². The molecule has 1 amide bonds. The second-order valence-electron chi connectivity index (χ2n) is 7.26. The van der Waals surface area contributed by atoms with E-state index in [1.54, 1.807) is 17.1 Å². The fraction of sp³-hybridized carbons (Fsp3) is 0.318. The highest BCUT2D eigenvalue weighted by Crippen LogP contribution is 2.32. The van der Waals surface area contributed by atoms with Crippen LogP contribution in [0.2, 0.25) is 5.02 Å². The SMILES string of the molecule is Cn1cc(C(=O)N2CCCC[C@H]2c2ccc(Cc3ccccc3Cl)nc2)cn1. The van der Waals surface area contributed by atoms with E-state index < -0.39 is 0 Å². The van der Waals surface area contributed by atoms with Crippen molar-refractivity contribution in [2.45, 2.75) is 31.7 Å². The monoisotopic (exact) mass is 394 g/mol. The molecule has 6 heteroatoms. The van der Waals surface area contributed by atoms with Gasteiger partial charge in [0, 0.05) is 43.1 Å². The molecule has 0 bridgehead atoms. The van der Waals surface area contributed by atoms with E-state index >= 15 is 0 Å². The molecule has 5 nitrogen and oxygen atoms in total. The van der Waals surface area contributed by atoms with Gasteiger partial charge in [0.05, 0.1) is 17.8 Å². The van der Waals surface area contributed by atoms with Gasteiger partial charge in [-0.3, -0.25) is 14.5 Å². The number of hydrogen-bond acceptors (Lipinski definition) is 3. The zero-order chi connectivity index (χ0) is 19.5. The summed E-state index contributed by atoms with van der Waals surface area (Å²) in [5.74, 6) is 0.0398. The van der Waals surface area contributed by atoms with E-state index in [4.69, 9.17) is 11.6 Å². The molecule has 1 aliphatic rings. The normalized spacial score (nSPS) is 16.9. The van der Waals surface area contributed by atoms with Gasteiger partial charge in [-0.05, 0) is 42.5 Å². The average Bonchev–Trinajstić information content (AvgIpc) is 3.16. The Morgan fingerprint density at radius 2 is 2.04 bits per heavy atom. The summed E-state index contributed by atoms with van der Waals surface area (Å²) in [5, 5.41) is 4.89. The lowest BCUT2D eigenvalue weighted by Crippen LogP contribution is -2.38. The van der Waals surface area contributed by atoms with E-state index in [2.05, 4.69) is 16.1 Å². The summed E-state index contributed by atoms with van der Waals surface area (Å²) in [7, 11) is 1.83. The third-order valence-corrected chi connectivity index (χ3v) is 5.65. The Kier molecular flexibility index (Phi) is 5.44. The molecule has 0 radical (unpaired) electrons. The second-order valence-corrected chi connectivity index (χ2v) is 7.67. The Morgan fingerprint density at radius 3 is 2.75 bits per heavy atom. The van der Waals surface area contributed by atoms with Crippen molar-refractivity contribution >= 4 is 17.5 Å². The van der Waals surface area contributed by atoms with Gasteiger partial charge >= 0.3 is 0 Å². The van der Waals surface area contributed by atoms with Gasteiger partial charge in [-0.25, -0.2) is 0 Å². The third kappa shape index (κ3) is 3.94. The molecule has 28 heavy (non-hydrogen) atoms. The highest BCUT2D eigenvalue weighted by Gasteiger charge is 2.29. The first kappa shape index (κ1) is 18.7. The van der Waals surface area contributed by atoms with Crippen molar-refractivity contribution in [2.24, 2.45) is 7.05 Å². The number of hydrogen-bond donors (Lipinski definition) is 0. The molecular weight excluding hydrogens is 372 g/mol. The van der Waals surface area contributed by atoms with Gasteiger partial charge in [0.25, 0.3) is 5.91 Å². The number of halogens is 1. The number of rotatable bonds is 4. The lowest BCUT2D eigenvalue weighted by molar-refractivity contribution is 0.0611. The summed E-state index contributed by atoms with van der Waals surface area (Å²) >= 11 is 6.26. The largest absolute Gasteiger partial charge is 0.331 e. The molecule has 3 heterocycles. The number of amides is 1. The highest BCUT2D eigenvalue weighted by atomic mass is 35.5. The molecule has 4 rings (SSSR count). The highest BCUT2D eigenvalue weighted by molar-refractivity contribution is 6.31. The summed E-state index contributed by atoms with van der Waals surface area (Å²) in [6, 6.07) is 12.0. The molecule has 3 aromatic rings. The molecule has 0 saturated carbocycles. The van der Waals surface area contributed by atoms with Gasteiger partial charge in [0.2, 0.25) is 0 Å². The number of piperidine rings is 1. The molecule has 1 saturated heterocycles. The van der Waals surface area contributed by atoms with Crippen LogP contribution in [0.25, 0.3) is 0 Å². The standard InChI is InChI=1S/C22H23ClN4O/c1-26-15-18(14-25-26)22(28)27-11-5-4-8-21(27)17-9-10-19(24-13-17)12-16-6-2-3-7-20(16)23/h2-3,6-7,9-10,13-15,21H,4-5,8,11-12H2,1H3/t21-/m0/s1. The summed E-state index contributed by atoms with van der Waals surface area (Å²) < 4.78 is 1.66. The lowest BCUT2D eigenvalue weighted by Gasteiger charge is -2.35. The van der Waals surface area contributed by atoms with Gasteiger partial charge < -0.3 is 4.90 Å². The number of aryl methyl sites for hydroxylation is 1. The predicted octanol–water partition coefficient (Wildman–Crippen LogP) is 4.43. The van der Waals surface area contributed by atoms with Crippen LogP contribution in [0.4, 0.5) is 0 Å². The number of nitrogens with zero attached hydrogens (tertiary/aromatic N) is 4.